The molecule has 2 aliphatic rings. The van der Waals surface area contributed by atoms with Crippen molar-refractivity contribution in [2.45, 2.75) is 26.7 Å². The number of para-hydroxylation sites is 1. The van der Waals surface area contributed by atoms with Crippen LogP contribution in [-0.4, -0.2) is 66.8 Å². The highest BCUT2D eigenvalue weighted by Gasteiger charge is 2.39. The Morgan fingerprint density at radius 3 is 2.43 bits per heavy atom. The van der Waals surface area contributed by atoms with E-state index in [-0.39, 0.29) is 30.2 Å². The van der Waals surface area contributed by atoms with Crippen molar-refractivity contribution in [1.82, 2.24) is 15.1 Å². The Balaban J connectivity index is 1.38. The van der Waals surface area contributed by atoms with Crippen molar-refractivity contribution in [3.8, 4) is 0 Å². The number of amides is 3. The molecule has 2 fully saturated rings. The summed E-state index contributed by atoms with van der Waals surface area (Å²) in [5.41, 5.74) is 1.98. The Morgan fingerprint density at radius 2 is 1.79 bits per heavy atom. The lowest BCUT2D eigenvalue weighted by molar-refractivity contribution is -0.134. The van der Waals surface area contributed by atoms with E-state index >= 15 is 0 Å². The Kier molecular flexibility index (Phi) is 6.67. The number of hydrogen-bond donors (Lipinski definition) is 2. The van der Waals surface area contributed by atoms with Crippen molar-refractivity contribution < 1.29 is 14.4 Å². The van der Waals surface area contributed by atoms with Crippen LogP contribution in [0.4, 0.5) is 5.69 Å². The molecule has 1 aromatic carbocycles. The van der Waals surface area contributed by atoms with E-state index in [1.54, 1.807) is 4.90 Å². The number of carbonyl (C=O) groups is 3. The highest BCUT2D eigenvalue weighted by atomic mass is 16.2. The van der Waals surface area contributed by atoms with Crippen LogP contribution >= 0.6 is 0 Å². The topological polar surface area (TPSA) is 81.8 Å². The number of rotatable bonds is 7. The van der Waals surface area contributed by atoms with Crippen molar-refractivity contribution in [1.29, 1.82) is 0 Å². The summed E-state index contributed by atoms with van der Waals surface area (Å²) >= 11 is 0. The molecule has 2 N–H and O–H groups in total. The highest BCUT2D eigenvalue weighted by molar-refractivity contribution is 5.93. The Labute approximate surface area is 166 Å². The molecule has 7 nitrogen and oxygen atoms in total. The van der Waals surface area contributed by atoms with Crippen LogP contribution in [0.3, 0.4) is 0 Å². The maximum absolute atomic E-state index is 12.4. The molecular formula is C21H30N4O3. The Morgan fingerprint density at radius 1 is 1.11 bits per heavy atom. The Hall–Kier alpha value is -2.41. The molecule has 0 aromatic heterocycles. The van der Waals surface area contributed by atoms with Gasteiger partial charge < -0.3 is 15.5 Å². The van der Waals surface area contributed by atoms with Gasteiger partial charge in [0.2, 0.25) is 17.7 Å². The zero-order valence-corrected chi connectivity index (χ0v) is 16.7. The molecule has 3 rings (SSSR count). The van der Waals surface area contributed by atoms with E-state index in [0.717, 1.165) is 24.1 Å². The first-order valence-corrected chi connectivity index (χ1v) is 10.1. The predicted molar refractivity (Wildman–Crippen MR) is 108 cm³/mol. The molecule has 152 valence electrons. The van der Waals surface area contributed by atoms with E-state index in [4.69, 9.17) is 0 Å². The lowest BCUT2D eigenvalue weighted by Crippen LogP contribution is -2.52. The fourth-order valence-electron chi connectivity index (χ4n) is 3.59. The monoisotopic (exact) mass is 386 g/mol. The zero-order valence-electron chi connectivity index (χ0n) is 16.7. The number of piperazine rings is 1. The largest absolute Gasteiger partial charge is 0.347 e. The van der Waals surface area contributed by atoms with Crippen molar-refractivity contribution in [2.75, 3.05) is 44.6 Å². The molecule has 1 aromatic rings. The van der Waals surface area contributed by atoms with Crippen LogP contribution in [0.2, 0.25) is 0 Å². The summed E-state index contributed by atoms with van der Waals surface area (Å²) in [6.45, 7) is 6.95. The van der Waals surface area contributed by atoms with Gasteiger partial charge in [0.25, 0.3) is 0 Å². The van der Waals surface area contributed by atoms with Gasteiger partial charge in [-0.1, -0.05) is 32.0 Å². The Bertz CT molecular complexity index is 728. The lowest BCUT2D eigenvalue weighted by Gasteiger charge is -2.34. The zero-order chi connectivity index (χ0) is 20.1. The fraction of sp³-hybridized carbons (Fsp3) is 0.571. The fourth-order valence-corrected chi connectivity index (χ4v) is 3.59. The minimum absolute atomic E-state index is 0.0106. The predicted octanol–water partition coefficient (Wildman–Crippen LogP) is 1.10. The second-order valence-electron chi connectivity index (χ2n) is 7.75. The van der Waals surface area contributed by atoms with Gasteiger partial charge in [0.15, 0.2) is 0 Å². The average molecular weight is 386 g/mol. The molecule has 1 heterocycles. The first kappa shape index (κ1) is 20.3. The van der Waals surface area contributed by atoms with E-state index in [2.05, 4.69) is 22.5 Å². The molecule has 0 spiro atoms. The summed E-state index contributed by atoms with van der Waals surface area (Å²) in [5.74, 6) is 0.424. The quantitative estimate of drug-likeness (QED) is 0.735. The SMILES string of the molecule is CCc1ccccc1NC(=O)CN1CCN(C(=O)CNC(=O)C2CC2C)CC1. The van der Waals surface area contributed by atoms with Crippen molar-refractivity contribution in [3.05, 3.63) is 29.8 Å². The molecule has 0 radical (unpaired) electrons. The van der Waals surface area contributed by atoms with Crippen molar-refractivity contribution in [3.63, 3.8) is 0 Å². The minimum Gasteiger partial charge on any atom is -0.347 e. The third-order valence-electron chi connectivity index (χ3n) is 5.62. The van der Waals surface area contributed by atoms with Crippen LogP contribution in [0.5, 0.6) is 0 Å². The van der Waals surface area contributed by atoms with Gasteiger partial charge in [0.05, 0.1) is 13.1 Å². The summed E-state index contributed by atoms with van der Waals surface area (Å²) in [6, 6.07) is 7.83. The summed E-state index contributed by atoms with van der Waals surface area (Å²) in [4.78, 5) is 40.3. The van der Waals surface area contributed by atoms with Crippen LogP contribution in [0.25, 0.3) is 0 Å². The van der Waals surface area contributed by atoms with Gasteiger partial charge >= 0.3 is 0 Å². The molecule has 1 aliphatic heterocycles. The number of anilines is 1. The molecule has 7 heteroatoms. The lowest BCUT2D eigenvalue weighted by atomic mass is 10.1. The van der Waals surface area contributed by atoms with E-state index < -0.39 is 0 Å². The molecular weight excluding hydrogens is 356 g/mol. The van der Waals surface area contributed by atoms with E-state index in [9.17, 15) is 14.4 Å². The number of aryl methyl sites for hydroxylation is 1. The van der Waals surface area contributed by atoms with Gasteiger partial charge in [-0.2, -0.15) is 0 Å². The molecule has 28 heavy (non-hydrogen) atoms. The molecule has 2 atom stereocenters. The number of benzene rings is 1. The molecule has 1 aliphatic carbocycles. The average Bonchev–Trinajstić information content (AvgIpc) is 3.43. The smallest absolute Gasteiger partial charge is 0.242 e. The number of hydrogen-bond acceptors (Lipinski definition) is 4. The summed E-state index contributed by atoms with van der Waals surface area (Å²) in [6.07, 6.45) is 1.79. The number of nitrogens with zero attached hydrogens (tertiary/aromatic N) is 2. The van der Waals surface area contributed by atoms with Gasteiger partial charge in [-0.15, -0.1) is 0 Å². The number of nitrogens with one attached hydrogen (secondary N) is 2. The van der Waals surface area contributed by atoms with Crippen molar-refractivity contribution >= 4 is 23.4 Å². The van der Waals surface area contributed by atoms with Crippen LogP contribution in [-0.2, 0) is 20.8 Å². The van der Waals surface area contributed by atoms with Crippen LogP contribution in [0, 0.1) is 11.8 Å². The van der Waals surface area contributed by atoms with E-state index in [0.29, 0.717) is 38.6 Å². The summed E-state index contributed by atoms with van der Waals surface area (Å²) in [5, 5.41) is 5.73. The van der Waals surface area contributed by atoms with Gasteiger partial charge in [-0.05, 0) is 30.4 Å². The molecule has 2 unspecified atom stereocenters. The van der Waals surface area contributed by atoms with E-state index in [1.165, 1.54) is 0 Å². The van der Waals surface area contributed by atoms with Gasteiger partial charge in [-0.25, -0.2) is 0 Å². The molecule has 1 saturated heterocycles. The summed E-state index contributed by atoms with van der Waals surface area (Å²) in [7, 11) is 0. The van der Waals surface area contributed by atoms with Crippen LogP contribution in [0.1, 0.15) is 25.8 Å². The third-order valence-corrected chi connectivity index (χ3v) is 5.62. The highest BCUT2D eigenvalue weighted by Crippen LogP contribution is 2.37. The normalized spacial score (nSPS) is 21.9. The first-order valence-electron chi connectivity index (χ1n) is 10.1. The number of carbonyl (C=O) groups excluding carboxylic acids is 3. The second-order valence-corrected chi connectivity index (χ2v) is 7.75. The maximum atomic E-state index is 12.4. The first-order chi connectivity index (χ1) is 13.5. The summed E-state index contributed by atoms with van der Waals surface area (Å²) < 4.78 is 0. The third kappa shape index (κ3) is 5.32. The van der Waals surface area contributed by atoms with Crippen molar-refractivity contribution in [2.24, 2.45) is 11.8 Å². The standard InChI is InChI=1S/C21H30N4O3/c1-3-16-6-4-5-7-18(16)23-19(26)14-24-8-10-25(11-9-24)20(27)13-22-21(28)17-12-15(17)2/h4-7,15,17H,3,8-14H2,1-2H3,(H,22,28)(H,23,26). The second kappa shape index (κ2) is 9.19. The van der Waals surface area contributed by atoms with Gasteiger partial charge in [0.1, 0.15) is 0 Å². The molecule has 1 saturated carbocycles. The minimum atomic E-state index is -0.0531. The molecule has 3 amide bonds. The van der Waals surface area contributed by atoms with E-state index in [1.807, 2.05) is 31.2 Å². The molecule has 0 bridgehead atoms. The van der Waals surface area contributed by atoms with Crippen LogP contribution in [0.15, 0.2) is 24.3 Å². The van der Waals surface area contributed by atoms with Gasteiger partial charge in [0, 0.05) is 37.8 Å². The van der Waals surface area contributed by atoms with Gasteiger partial charge in [-0.3, -0.25) is 19.3 Å². The van der Waals surface area contributed by atoms with Crippen LogP contribution < -0.4 is 10.6 Å². The maximum Gasteiger partial charge on any atom is 0.242 e.